The van der Waals surface area contributed by atoms with Gasteiger partial charge >= 0.3 is 0 Å². The fourth-order valence-electron chi connectivity index (χ4n) is 3.68. The zero-order chi connectivity index (χ0) is 15.2. The average Bonchev–Trinajstić information content (AvgIpc) is 2.47. The zero-order valence-corrected chi connectivity index (χ0v) is 14.3. The molecule has 3 heteroatoms. The van der Waals surface area contributed by atoms with E-state index >= 15 is 0 Å². The van der Waals surface area contributed by atoms with Gasteiger partial charge in [-0.2, -0.15) is 0 Å². The normalized spacial score (nSPS) is 27.8. The Kier molecular flexibility index (Phi) is 7.49. The van der Waals surface area contributed by atoms with Crippen molar-refractivity contribution in [1.82, 2.24) is 4.90 Å². The number of ether oxygens (including phenoxy) is 1. The molecule has 2 unspecified atom stereocenters. The molecule has 0 radical (unpaired) electrons. The Balaban J connectivity index is 2.98. The van der Waals surface area contributed by atoms with Crippen molar-refractivity contribution < 1.29 is 4.74 Å². The minimum Gasteiger partial charge on any atom is -0.378 e. The molecule has 2 N–H and O–H groups in total. The largest absolute Gasteiger partial charge is 0.378 e. The van der Waals surface area contributed by atoms with Crippen LogP contribution in [0.1, 0.15) is 66.7 Å². The fraction of sp³-hybridized carbons (Fsp3) is 1.00. The highest BCUT2D eigenvalue weighted by atomic mass is 16.5. The smallest absolute Gasteiger partial charge is 0.0590 e. The number of hydrogen-bond acceptors (Lipinski definition) is 3. The molecule has 120 valence electrons. The standard InChI is InChI=1S/C17H36N2O/c1-6-15(7-2)19(12-14(4)5)17(13-18)9-10-20-16(8-3)11-17/h14-16H,6-13,18H2,1-5H3. The highest BCUT2D eigenvalue weighted by Gasteiger charge is 2.42. The van der Waals surface area contributed by atoms with E-state index in [1.807, 2.05) is 0 Å². The van der Waals surface area contributed by atoms with Crippen LogP contribution in [0.3, 0.4) is 0 Å². The van der Waals surface area contributed by atoms with Crippen molar-refractivity contribution in [3.63, 3.8) is 0 Å². The number of nitrogens with zero attached hydrogens (tertiary/aromatic N) is 1. The predicted molar refractivity (Wildman–Crippen MR) is 87.0 cm³/mol. The van der Waals surface area contributed by atoms with Gasteiger partial charge in [0.05, 0.1) is 6.10 Å². The number of nitrogens with two attached hydrogens (primary N) is 1. The van der Waals surface area contributed by atoms with E-state index in [1.165, 1.54) is 12.8 Å². The molecule has 0 spiro atoms. The van der Waals surface area contributed by atoms with Gasteiger partial charge in [-0.05, 0) is 38.0 Å². The summed E-state index contributed by atoms with van der Waals surface area (Å²) in [6, 6.07) is 0.650. The molecule has 0 aliphatic carbocycles. The third kappa shape index (κ3) is 4.19. The summed E-state index contributed by atoms with van der Waals surface area (Å²) in [6.45, 7) is 14.2. The Morgan fingerprint density at radius 3 is 2.35 bits per heavy atom. The van der Waals surface area contributed by atoms with Crippen molar-refractivity contribution >= 4 is 0 Å². The van der Waals surface area contributed by atoms with Gasteiger partial charge in [0, 0.05) is 31.3 Å². The highest BCUT2D eigenvalue weighted by Crippen LogP contribution is 2.34. The van der Waals surface area contributed by atoms with Crippen LogP contribution < -0.4 is 5.73 Å². The quantitative estimate of drug-likeness (QED) is 0.742. The van der Waals surface area contributed by atoms with E-state index < -0.39 is 0 Å². The Bertz CT molecular complexity index is 266. The van der Waals surface area contributed by atoms with E-state index in [1.54, 1.807) is 0 Å². The van der Waals surface area contributed by atoms with Gasteiger partial charge in [0.1, 0.15) is 0 Å². The third-order valence-electron chi connectivity index (χ3n) is 4.92. The molecule has 1 fully saturated rings. The van der Waals surface area contributed by atoms with Crippen LogP contribution in [-0.4, -0.2) is 42.3 Å². The molecule has 1 rings (SSSR count). The average molecular weight is 284 g/mol. The van der Waals surface area contributed by atoms with Crippen molar-refractivity contribution in [2.45, 2.75) is 84.4 Å². The van der Waals surface area contributed by atoms with Crippen molar-refractivity contribution in [2.24, 2.45) is 11.7 Å². The Hall–Kier alpha value is -0.120. The van der Waals surface area contributed by atoms with Crippen molar-refractivity contribution in [3.8, 4) is 0 Å². The Labute approximate surface area is 126 Å². The first-order valence-corrected chi connectivity index (χ1v) is 8.61. The summed E-state index contributed by atoms with van der Waals surface area (Å²) in [5.74, 6) is 0.682. The molecule has 0 aromatic heterocycles. The molecule has 20 heavy (non-hydrogen) atoms. The molecule has 0 aromatic carbocycles. The molecule has 3 nitrogen and oxygen atoms in total. The van der Waals surface area contributed by atoms with E-state index in [4.69, 9.17) is 10.5 Å². The van der Waals surface area contributed by atoms with Gasteiger partial charge in [-0.15, -0.1) is 0 Å². The van der Waals surface area contributed by atoms with Gasteiger partial charge in [0.15, 0.2) is 0 Å². The maximum atomic E-state index is 6.28. The summed E-state index contributed by atoms with van der Waals surface area (Å²) < 4.78 is 5.90. The Morgan fingerprint density at radius 2 is 1.90 bits per heavy atom. The van der Waals surface area contributed by atoms with Crippen LogP contribution >= 0.6 is 0 Å². The van der Waals surface area contributed by atoms with Crippen molar-refractivity contribution in [3.05, 3.63) is 0 Å². The minimum absolute atomic E-state index is 0.153. The molecule has 0 bridgehead atoms. The van der Waals surface area contributed by atoms with Crippen LogP contribution in [-0.2, 0) is 4.74 Å². The molecule has 0 amide bonds. The summed E-state index contributed by atoms with van der Waals surface area (Å²) in [6.07, 6.45) is 6.09. The van der Waals surface area contributed by atoms with E-state index in [9.17, 15) is 0 Å². The maximum Gasteiger partial charge on any atom is 0.0590 e. The van der Waals surface area contributed by atoms with Crippen LogP contribution in [0.4, 0.5) is 0 Å². The summed E-state index contributed by atoms with van der Waals surface area (Å²) in [4.78, 5) is 2.74. The van der Waals surface area contributed by atoms with Gasteiger partial charge in [0.2, 0.25) is 0 Å². The molecular weight excluding hydrogens is 248 g/mol. The Morgan fingerprint density at radius 1 is 1.25 bits per heavy atom. The lowest BCUT2D eigenvalue weighted by Crippen LogP contribution is -2.62. The molecule has 1 heterocycles. The lowest BCUT2D eigenvalue weighted by Gasteiger charge is -2.51. The first kappa shape index (κ1) is 17.9. The minimum atomic E-state index is 0.153. The van der Waals surface area contributed by atoms with Gasteiger partial charge in [0.25, 0.3) is 0 Å². The van der Waals surface area contributed by atoms with Gasteiger partial charge in [-0.3, -0.25) is 4.90 Å². The van der Waals surface area contributed by atoms with Crippen LogP contribution in [0.25, 0.3) is 0 Å². The second-order valence-corrected chi connectivity index (χ2v) is 6.80. The SMILES string of the molecule is CCC1CC(CN)(N(CC(C)C)C(CC)CC)CCO1. The van der Waals surface area contributed by atoms with Crippen molar-refractivity contribution in [1.29, 1.82) is 0 Å². The molecule has 0 aromatic rings. The molecule has 0 saturated carbocycles. The van der Waals surface area contributed by atoms with E-state index in [0.29, 0.717) is 18.1 Å². The lowest BCUT2D eigenvalue weighted by molar-refractivity contribution is -0.0890. The fourth-order valence-corrected chi connectivity index (χ4v) is 3.68. The summed E-state index contributed by atoms with van der Waals surface area (Å²) >= 11 is 0. The lowest BCUT2D eigenvalue weighted by atomic mass is 9.81. The predicted octanol–water partition coefficient (Wildman–Crippen LogP) is 3.42. The van der Waals surface area contributed by atoms with Crippen LogP contribution in [0.2, 0.25) is 0 Å². The van der Waals surface area contributed by atoms with Gasteiger partial charge < -0.3 is 10.5 Å². The van der Waals surface area contributed by atoms with Crippen LogP contribution in [0, 0.1) is 5.92 Å². The van der Waals surface area contributed by atoms with Crippen LogP contribution in [0.5, 0.6) is 0 Å². The maximum absolute atomic E-state index is 6.28. The second-order valence-electron chi connectivity index (χ2n) is 6.80. The first-order valence-electron chi connectivity index (χ1n) is 8.61. The summed E-state index contributed by atoms with van der Waals surface area (Å²) in [5.41, 5.74) is 6.43. The molecular formula is C17H36N2O. The topological polar surface area (TPSA) is 38.5 Å². The highest BCUT2D eigenvalue weighted by molar-refractivity contribution is 4.98. The molecule has 1 aliphatic heterocycles. The second kappa shape index (κ2) is 8.35. The molecule has 1 aliphatic rings. The number of hydrogen-bond donors (Lipinski definition) is 1. The van der Waals surface area contributed by atoms with E-state index in [-0.39, 0.29) is 5.54 Å². The van der Waals surface area contributed by atoms with Gasteiger partial charge in [-0.25, -0.2) is 0 Å². The van der Waals surface area contributed by atoms with Crippen LogP contribution in [0.15, 0.2) is 0 Å². The molecule has 2 atom stereocenters. The zero-order valence-electron chi connectivity index (χ0n) is 14.3. The monoisotopic (exact) mass is 284 g/mol. The van der Waals surface area contributed by atoms with E-state index in [2.05, 4.69) is 39.5 Å². The van der Waals surface area contributed by atoms with E-state index in [0.717, 1.165) is 39.0 Å². The van der Waals surface area contributed by atoms with Gasteiger partial charge in [-0.1, -0.05) is 34.6 Å². The summed E-state index contributed by atoms with van der Waals surface area (Å²) in [5, 5.41) is 0. The first-order chi connectivity index (χ1) is 9.52. The van der Waals surface area contributed by atoms with Crippen molar-refractivity contribution in [2.75, 3.05) is 19.7 Å². The third-order valence-corrected chi connectivity index (χ3v) is 4.92. The number of rotatable bonds is 8. The summed E-state index contributed by atoms with van der Waals surface area (Å²) in [7, 11) is 0. The molecule has 1 saturated heterocycles.